The van der Waals surface area contributed by atoms with Crippen molar-refractivity contribution in [3.05, 3.63) is 29.8 Å². The predicted octanol–water partition coefficient (Wildman–Crippen LogP) is 2.59. The summed E-state index contributed by atoms with van der Waals surface area (Å²) in [6.45, 7) is 5.90. The topological polar surface area (TPSA) is 91.8 Å². The number of ether oxygens (including phenoxy) is 1. The number of nitrogens with one attached hydrogen (secondary N) is 3. The summed E-state index contributed by atoms with van der Waals surface area (Å²) in [5, 5.41) is 5.93. The lowest BCUT2D eigenvalue weighted by Crippen LogP contribution is -2.53. The lowest BCUT2D eigenvalue weighted by atomic mass is 10.1. The molecule has 12 heteroatoms. The van der Waals surface area contributed by atoms with Crippen LogP contribution in [0.4, 0.5) is 13.2 Å². The summed E-state index contributed by atoms with van der Waals surface area (Å²) in [6, 6.07) is 5.74. The number of benzene rings is 1. The van der Waals surface area contributed by atoms with Crippen LogP contribution in [0.1, 0.15) is 26.3 Å². The number of guanidine groups is 1. The molecule has 0 amide bonds. The molecule has 0 aliphatic carbocycles. The van der Waals surface area contributed by atoms with Crippen molar-refractivity contribution in [3.63, 3.8) is 0 Å². The zero-order valence-corrected chi connectivity index (χ0v) is 19.2. The zero-order chi connectivity index (χ0) is 20.7. The van der Waals surface area contributed by atoms with E-state index in [0.717, 1.165) is 6.26 Å². The van der Waals surface area contributed by atoms with Gasteiger partial charge < -0.3 is 15.4 Å². The van der Waals surface area contributed by atoms with E-state index in [4.69, 9.17) is 0 Å². The number of rotatable bonds is 8. The lowest BCUT2D eigenvalue weighted by molar-refractivity contribution is -0.274. The SMILES string of the molecule is CCNC(=NCc1ccccc1OC(F)(F)F)NCC(C)(C)NS(C)(=O)=O.I. The number of halogens is 4. The Morgan fingerprint density at radius 2 is 1.79 bits per heavy atom. The normalized spacial score (nSPS) is 12.9. The molecule has 0 heterocycles. The first-order chi connectivity index (χ1) is 12.3. The van der Waals surface area contributed by atoms with Crippen molar-refractivity contribution >= 4 is 40.0 Å². The molecule has 3 N–H and O–H groups in total. The first kappa shape index (κ1) is 26.7. The van der Waals surface area contributed by atoms with Crippen LogP contribution < -0.4 is 20.1 Å². The van der Waals surface area contributed by atoms with E-state index in [1.807, 2.05) is 6.92 Å². The molecule has 0 aliphatic rings. The molecule has 0 saturated carbocycles. The molecule has 0 saturated heterocycles. The van der Waals surface area contributed by atoms with Crippen molar-refractivity contribution in [1.82, 2.24) is 15.4 Å². The maximum atomic E-state index is 12.5. The number of para-hydroxylation sites is 1. The number of hydrogen-bond donors (Lipinski definition) is 3. The molecule has 7 nitrogen and oxygen atoms in total. The van der Waals surface area contributed by atoms with Crippen molar-refractivity contribution in [2.75, 3.05) is 19.3 Å². The number of nitrogens with zero attached hydrogens (tertiary/aromatic N) is 1. The monoisotopic (exact) mass is 538 g/mol. The van der Waals surface area contributed by atoms with E-state index in [0.29, 0.717) is 12.5 Å². The average Bonchev–Trinajstić information content (AvgIpc) is 2.47. The molecule has 162 valence electrons. The fraction of sp³-hybridized carbons (Fsp3) is 0.562. The van der Waals surface area contributed by atoms with Gasteiger partial charge in [0.05, 0.1) is 12.8 Å². The number of aliphatic imine (C=N–C) groups is 1. The Morgan fingerprint density at radius 3 is 2.32 bits per heavy atom. The van der Waals surface area contributed by atoms with Crippen LogP contribution in [-0.2, 0) is 16.6 Å². The van der Waals surface area contributed by atoms with Gasteiger partial charge in [0.15, 0.2) is 5.96 Å². The molecule has 28 heavy (non-hydrogen) atoms. The van der Waals surface area contributed by atoms with E-state index < -0.39 is 21.9 Å². The third kappa shape index (κ3) is 11.5. The van der Waals surface area contributed by atoms with E-state index in [-0.39, 0.29) is 48.4 Å². The fourth-order valence-electron chi connectivity index (χ4n) is 2.21. The van der Waals surface area contributed by atoms with Crippen LogP contribution in [0.2, 0.25) is 0 Å². The van der Waals surface area contributed by atoms with Crippen LogP contribution in [0, 0.1) is 0 Å². The molecule has 1 rings (SSSR count). The van der Waals surface area contributed by atoms with Crippen LogP contribution in [0.15, 0.2) is 29.3 Å². The van der Waals surface area contributed by atoms with Crippen LogP contribution in [-0.4, -0.2) is 45.6 Å². The molecule has 1 aromatic carbocycles. The average molecular weight is 538 g/mol. The smallest absolute Gasteiger partial charge is 0.405 e. The summed E-state index contributed by atoms with van der Waals surface area (Å²) in [7, 11) is -3.39. The first-order valence-corrected chi connectivity index (χ1v) is 10.1. The Morgan fingerprint density at radius 1 is 1.18 bits per heavy atom. The second kappa shape index (κ2) is 11.0. The van der Waals surface area contributed by atoms with Gasteiger partial charge >= 0.3 is 6.36 Å². The van der Waals surface area contributed by atoms with Gasteiger partial charge in [0, 0.05) is 24.2 Å². The van der Waals surface area contributed by atoms with E-state index in [1.165, 1.54) is 18.2 Å². The van der Waals surface area contributed by atoms with E-state index in [2.05, 4.69) is 25.1 Å². The van der Waals surface area contributed by atoms with Crippen molar-refractivity contribution < 1.29 is 26.3 Å². The Bertz CT molecular complexity index is 756. The number of sulfonamides is 1. The molecule has 0 aliphatic heterocycles. The van der Waals surface area contributed by atoms with Gasteiger partial charge in [0.1, 0.15) is 5.75 Å². The minimum atomic E-state index is -4.79. The molecule has 0 atom stereocenters. The summed E-state index contributed by atoms with van der Waals surface area (Å²) in [5.74, 6) is 0.0198. The minimum absolute atomic E-state index is 0. The van der Waals surface area contributed by atoms with Crippen LogP contribution in [0.25, 0.3) is 0 Å². The number of hydrogen-bond acceptors (Lipinski definition) is 4. The second-order valence-corrected chi connectivity index (χ2v) is 8.21. The fourth-order valence-corrected chi connectivity index (χ4v) is 3.28. The second-order valence-electron chi connectivity index (χ2n) is 6.46. The lowest BCUT2D eigenvalue weighted by Gasteiger charge is -2.26. The molecule has 0 aromatic heterocycles. The van der Waals surface area contributed by atoms with Gasteiger partial charge in [-0.15, -0.1) is 37.1 Å². The highest BCUT2D eigenvalue weighted by molar-refractivity contribution is 14.0. The van der Waals surface area contributed by atoms with Gasteiger partial charge in [-0.3, -0.25) is 0 Å². The standard InChI is InChI=1S/C16H25F3N4O3S.HI/c1-5-20-14(22-11-15(2,3)23-27(4,24)25)21-10-12-8-6-7-9-13(12)26-16(17,18)19;/h6-9,23H,5,10-11H2,1-4H3,(H2,20,21,22);1H. The number of alkyl halides is 3. The molecule has 0 bridgehead atoms. The Balaban J connectivity index is 0.00000729. The van der Waals surface area contributed by atoms with Gasteiger partial charge in [0.25, 0.3) is 0 Å². The maximum Gasteiger partial charge on any atom is 0.573 e. The predicted molar refractivity (Wildman–Crippen MR) is 113 cm³/mol. The Labute approximate surface area is 180 Å². The molecule has 0 fully saturated rings. The molecule has 1 aromatic rings. The summed E-state index contributed by atoms with van der Waals surface area (Å²) >= 11 is 0. The molecule has 0 radical (unpaired) electrons. The van der Waals surface area contributed by atoms with Crippen LogP contribution in [0.3, 0.4) is 0 Å². The van der Waals surface area contributed by atoms with Crippen molar-refractivity contribution in [1.29, 1.82) is 0 Å². The molecular formula is C16H26F3IN4O3S. The summed E-state index contributed by atoms with van der Waals surface area (Å²) in [5.41, 5.74) is -0.526. The van der Waals surface area contributed by atoms with Crippen molar-refractivity contribution in [2.45, 2.75) is 39.2 Å². The highest BCUT2D eigenvalue weighted by Crippen LogP contribution is 2.26. The molecular weight excluding hydrogens is 512 g/mol. The quantitative estimate of drug-likeness (QED) is 0.269. The molecule has 0 spiro atoms. The van der Waals surface area contributed by atoms with E-state index in [1.54, 1.807) is 19.9 Å². The minimum Gasteiger partial charge on any atom is -0.405 e. The highest BCUT2D eigenvalue weighted by Gasteiger charge is 2.32. The third-order valence-corrected chi connectivity index (χ3v) is 4.03. The van der Waals surface area contributed by atoms with Crippen LogP contribution >= 0.6 is 24.0 Å². The summed E-state index contributed by atoms with van der Waals surface area (Å²) in [4.78, 5) is 4.24. The van der Waals surface area contributed by atoms with Gasteiger partial charge in [-0.2, -0.15) is 0 Å². The summed E-state index contributed by atoms with van der Waals surface area (Å²) in [6.07, 6.45) is -3.73. The largest absolute Gasteiger partial charge is 0.573 e. The zero-order valence-electron chi connectivity index (χ0n) is 16.1. The molecule has 0 unspecified atom stereocenters. The summed E-state index contributed by atoms with van der Waals surface area (Å²) < 4.78 is 66.7. The van der Waals surface area contributed by atoms with E-state index >= 15 is 0 Å². The van der Waals surface area contributed by atoms with Gasteiger partial charge in [0.2, 0.25) is 10.0 Å². The Hall–Kier alpha value is -1.28. The third-order valence-electron chi connectivity index (χ3n) is 3.11. The Kier molecular flexibility index (Phi) is 10.5. The first-order valence-electron chi connectivity index (χ1n) is 8.16. The van der Waals surface area contributed by atoms with Gasteiger partial charge in [-0.25, -0.2) is 18.1 Å². The van der Waals surface area contributed by atoms with E-state index in [9.17, 15) is 21.6 Å². The van der Waals surface area contributed by atoms with Crippen molar-refractivity contribution in [3.8, 4) is 5.75 Å². The highest BCUT2D eigenvalue weighted by atomic mass is 127. The van der Waals surface area contributed by atoms with Gasteiger partial charge in [-0.05, 0) is 26.8 Å². The van der Waals surface area contributed by atoms with Crippen LogP contribution in [0.5, 0.6) is 5.75 Å². The van der Waals surface area contributed by atoms with Gasteiger partial charge in [-0.1, -0.05) is 18.2 Å². The van der Waals surface area contributed by atoms with Crippen molar-refractivity contribution in [2.24, 2.45) is 4.99 Å². The maximum absolute atomic E-state index is 12.5.